The van der Waals surface area contributed by atoms with Crippen molar-refractivity contribution >= 4 is 23.3 Å². The van der Waals surface area contributed by atoms with E-state index in [0.717, 1.165) is 0 Å². The molecule has 1 aliphatic heterocycles. The van der Waals surface area contributed by atoms with Crippen LogP contribution in [0.15, 0.2) is 18.2 Å². The highest BCUT2D eigenvalue weighted by atomic mass is 35.5. The zero-order valence-electron chi connectivity index (χ0n) is 10.8. The Bertz CT molecular complexity index is 570. The molecule has 0 spiro atoms. The zero-order chi connectivity index (χ0) is 14.5. The number of ether oxygens (including phenoxy) is 1. The van der Waals surface area contributed by atoms with Crippen molar-refractivity contribution in [3.63, 3.8) is 0 Å². The Morgan fingerprint density at radius 2 is 2.10 bits per heavy atom. The fourth-order valence-electron chi connectivity index (χ4n) is 1.92. The molecule has 0 unspecified atom stereocenters. The number of piperidine rings is 1. The van der Waals surface area contributed by atoms with Crippen molar-refractivity contribution in [1.82, 2.24) is 4.90 Å². The lowest BCUT2D eigenvalue weighted by molar-refractivity contribution is -0.136. The smallest absolute Gasteiger partial charge is 0.260 e. The second kappa shape index (κ2) is 6.40. The Balaban J connectivity index is 1.90. The molecule has 1 aromatic carbocycles. The third kappa shape index (κ3) is 3.49. The van der Waals surface area contributed by atoms with Gasteiger partial charge in [0.05, 0.1) is 16.7 Å². The van der Waals surface area contributed by atoms with Crippen LogP contribution >= 0.6 is 11.6 Å². The second-order valence-corrected chi connectivity index (χ2v) is 4.87. The summed E-state index contributed by atoms with van der Waals surface area (Å²) in [5, 5.41) is 9.02. The fraction of sp³-hybridized carbons (Fsp3) is 0.357. The standard InChI is InChI=1S/C14H13ClN2O3/c15-12-7-10(8-16)1-2-13(12)20-9-14(19)17-5-3-11(18)4-6-17/h1-2,7H,3-6,9H2. The van der Waals surface area contributed by atoms with Gasteiger partial charge in [0, 0.05) is 25.9 Å². The van der Waals surface area contributed by atoms with Gasteiger partial charge in [-0.25, -0.2) is 0 Å². The van der Waals surface area contributed by atoms with Crippen molar-refractivity contribution in [2.24, 2.45) is 0 Å². The molecule has 5 nitrogen and oxygen atoms in total. The average Bonchev–Trinajstić information content (AvgIpc) is 2.46. The molecule has 0 saturated carbocycles. The molecule has 0 bridgehead atoms. The summed E-state index contributed by atoms with van der Waals surface area (Å²) < 4.78 is 5.36. The summed E-state index contributed by atoms with van der Waals surface area (Å²) in [5.74, 6) is 0.384. The molecular formula is C14H13ClN2O3. The first-order valence-electron chi connectivity index (χ1n) is 6.22. The molecule has 0 radical (unpaired) electrons. The van der Waals surface area contributed by atoms with Crippen LogP contribution in [0.1, 0.15) is 18.4 Å². The number of hydrogen-bond acceptors (Lipinski definition) is 4. The third-order valence-corrected chi connectivity index (χ3v) is 3.38. The molecule has 1 fully saturated rings. The predicted molar refractivity (Wildman–Crippen MR) is 72.5 cm³/mol. The molecule has 20 heavy (non-hydrogen) atoms. The van der Waals surface area contributed by atoms with Gasteiger partial charge in [-0.1, -0.05) is 11.6 Å². The number of likely N-dealkylation sites (tertiary alicyclic amines) is 1. The second-order valence-electron chi connectivity index (χ2n) is 4.47. The summed E-state index contributed by atoms with van der Waals surface area (Å²) in [4.78, 5) is 24.6. The highest BCUT2D eigenvalue weighted by molar-refractivity contribution is 6.32. The lowest BCUT2D eigenvalue weighted by atomic mass is 10.1. The molecule has 0 N–H and O–H groups in total. The lowest BCUT2D eigenvalue weighted by Crippen LogP contribution is -2.41. The maximum Gasteiger partial charge on any atom is 0.260 e. The van der Waals surface area contributed by atoms with Crippen LogP contribution in [0.25, 0.3) is 0 Å². The Kier molecular flexibility index (Phi) is 4.59. The zero-order valence-corrected chi connectivity index (χ0v) is 11.5. The number of ketones is 1. The minimum absolute atomic E-state index is 0.125. The SMILES string of the molecule is N#Cc1ccc(OCC(=O)N2CCC(=O)CC2)c(Cl)c1. The molecule has 6 heteroatoms. The first kappa shape index (κ1) is 14.4. The van der Waals surface area contributed by atoms with Crippen molar-refractivity contribution < 1.29 is 14.3 Å². The molecule has 1 aromatic rings. The van der Waals surface area contributed by atoms with E-state index in [4.69, 9.17) is 21.6 Å². The quantitative estimate of drug-likeness (QED) is 0.851. The number of carbonyl (C=O) groups excluding carboxylic acids is 2. The van der Waals surface area contributed by atoms with Crippen LogP contribution in [0, 0.1) is 11.3 Å². The van der Waals surface area contributed by atoms with Crippen LogP contribution in [0.5, 0.6) is 5.75 Å². The molecule has 1 saturated heterocycles. The highest BCUT2D eigenvalue weighted by Crippen LogP contribution is 2.25. The van der Waals surface area contributed by atoms with E-state index in [1.54, 1.807) is 17.0 Å². The molecule has 2 rings (SSSR count). The molecular weight excluding hydrogens is 280 g/mol. The average molecular weight is 293 g/mol. The first-order chi connectivity index (χ1) is 9.60. The molecule has 0 aliphatic carbocycles. The van der Waals surface area contributed by atoms with E-state index in [1.807, 2.05) is 6.07 Å². The third-order valence-electron chi connectivity index (χ3n) is 3.09. The highest BCUT2D eigenvalue weighted by Gasteiger charge is 2.21. The van der Waals surface area contributed by atoms with Crippen LogP contribution < -0.4 is 4.74 Å². The Morgan fingerprint density at radius 1 is 1.40 bits per heavy atom. The summed E-state index contributed by atoms with van der Waals surface area (Å²) in [7, 11) is 0. The number of nitrogens with zero attached hydrogens (tertiary/aromatic N) is 2. The van der Waals surface area contributed by atoms with Crippen LogP contribution in [0.4, 0.5) is 0 Å². The maximum atomic E-state index is 11.9. The lowest BCUT2D eigenvalue weighted by Gasteiger charge is -2.26. The van der Waals surface area contributed by atoms with E-state index in [2.05, 4.69) is 0 Å². The van der Waals surface area contributed by atoms with E-state index < -0.39 is 0 Å². The Hall–Kier alpha value is -2.06. The summed E-state index contributed by atoms with van der Waals surface area (Å²) >= 11 is 5.95. The van der Waals surface area contributed by atoms with Gasteiger partial charge in [-0.05, 0) is 18.2 Å². The van der Waals surface area contributed by atoms with Gasteiger partial charge in [0.1, 0.15) is 11.5 Å². The number of amides is 1. The minimum atomic E-state index is -0.169. The van der Waals surface area contributed by atoms with Gasteiger partial charge >= 0.3 is 0 Å². The number of hydrogen-bond donors (Lipinski definition) is 0. The number of Topliss-reactive ketones (excluding diaryl/α,β-unsaturated/α-hetero) is 1. The molecule has 1 amide bonds. The predicted octanol–water partition coefficient (Wildman–Crippen LogP) is 1.78. The van der Waals surface area contributed by atoms with Crippen molar-refractivity contribution in [1.29, 1.82) is 5.26 Å². The maximum absolute atomic E-state index is 11.9. The van der Waals surface area contributed by atoms with Gasteiger partial charge in [-0.15, -0.1) is 0 Å². The Labute approximate surface area is 121 Å². The van der Waals surface area contributed by atoms with E-state index in [9.17, 15) is 9.59 Å². The topological polar surface area (TPSA) is 70.4 Å². The van der Waals surface area contributed by atoms with Gasteiger partial charge < -0.3 is 9.64 Å². The van der Waals surface area contributed by atoms with Gasteiger partial charge in [0.2, 0.25) is 0 Å². The molecule has 0 atom stereocenters. The number of nitriles is 1. The molecule has 1 heterocycles. The summed E-state index contributed by atoms with van der Waals surface area (Å²) in [5.41, 5.74) is 0.434. The van der Waals surface area contributed by atoms with Crippen molar-refractivity contribution in [2.75, 3.05) is 19.7 Å². The largest absolute Gasteiger partial charge is 0.482 e. The van der Waals surface area contributed by atoms with Crippen LogP contribution in [0.2, 0.25) is 5.02 Å². The van der Waals surface area contributed by atoms with Crippen molar-refractivity contribution in [2.45, 2.75) is 12.8 Å². The number of carbonyl (C=O) groups is 2. The van der Waals surface area contributed by atoms with E-state index >= 15 is 0 Å². The number of halogens is 1. The molecule has 104 valence electrons. The summed E-state index contributed by atoms with van der Waals surface area (Å²) in [6.45, 7) is 0.768. The van der Waals surface area contributed by atoms with Gasteiger partial charge in [0.25, 0.3) is 5.91 Å². The van der Waals surface area contributed by atoms with Crippen molar-refractivity contribution in [3.8, 4) is 11.8 Å². The van der Waals surface area contributed by atoms with Crippen LogP contribution in [0.3, 0.4) is 0 Å². The number of rotatable bonds is 3. The van der Waals surface area contributed by atoms with E-state index in [1.165, 1.54) is 6.07 Å². The van der Waals surface area contributed by atoms with E-state index in [0.29, 0.717) is 42.3 Å². The Morgan fingerprint density at radius 3 is 2.70 bits per heavy atom. The van der Waals surface area contributed by atoms with Gasteiger partial charge in [0.15, 0.2) is 6.61 Å². The summed E-state index contributed by atoms with van der Waals surface area (Å²) in [6, 6.07) is 6.59. The first-order valence-corrected chi connectivity index (χ1v) is 6.60. The molecule has 0 aromatic heterocycles. The summed E-state index contributed by atoms with van der Waals surface area (Å²) in [6.07, 6.45) is 0.812. The van der Waals surface area contributed by atoms with Gasteiger partial charge in [-0.2, -0.15) is 5.26 Å². The number of benzene rings is 1. The van der Waals surface area contributed by atoms with Crippen molar-refractivity contribution in [3.05, 3.63) is 28.8 Å². The van der Waals surface area contributed by atoms with Gasteiger partial charge in [-0.3, -0.25) is 9.59 Å². The normalized spacial score (nSPS) is 14.8. The van der Waals surface area contributed by atoms with Crippen LogP contribution in [-0.4, -0.2) is 36.3 Å². The monoisotopic (exact) mass is 292 g/mol. The van der Waals surface area contributed by atoms with E-state index in [-0.39, 0.29) is 18.3 Å². The fourth-order valence-corrected chi connectivity index (χ4v) is 2.16. The molecule has 1 aliphatic rings. The van der Waals surface area contributed by atoms with Crippen LogP contribution in [-0.2, 0) is 9.59 Å². The minimum Gasteiger partial charge on any atom is -0.482 e.